The van der Waals surface area contributed by atoms with Crippen molar-refractivity contribution in [1.29, 1.82) is 0 Å². The minimum atomic E-state index is -0.890. The summed E-state index contributed by atoms with van der Waals surface area (Å²) in [5, 5.41) is 37.4. The number of phenols is 1. The number of aromatic hydroxyl groups is 1. The van der Waals surface area contributed by atoms with Crippen molar-refractivity contribution in [2.75, 3.05) is 44.3 Å². The maximum atomic E-state index is 17.3. The van der Waals surface area contributed by atoms with E-state index in [4.69, 9.17) is 28.9 Å². The number of aliphatic hydroxyl groups is 1. The molecule has 0 radical (unpaired) electrons. The molecular formula is C61H70FN11O8S. The second-order valence-electron chi connectivity index (χ2n) is 23.3. The highest BCUT2D eigenvalue weighted by atomic mass is 32.1. The molecule has 5 aliphatic rings. The fraction of sp³-hybridized carbons (Fsp3) is 0.475. The van der Waals surface area contributed by atoms with Gasteiger partial charge in [0.15, 0.2) is 5.82 Å². The molecule has 430 valence electrons. The van der Waals surface area contributed by atoms with Crippen LogP contribution in [0.15, 0.2) is 76.9 Å². The Hall–Kier alpha value is -7.33. The Kier molecular flexibility index (Phi) is 15.3. The second-order valence-corrected chi connectivity index (χ2v) is 24.2. The van der Waals surface area contributed by atoms with Crippen molar-refractivity contribution in [3.8, 4) is 33.5 Å². The minimum Gasteiger partial charge on any atom is -0.508 e. The van der Waals surface area contributed by atoms with Gasteiger partial charge >= 0.3 is 12.1 Å². The number of amides is 3. The van der Waals surface area contributed by atoms with Gasteiger partial charge in [-0.15, -0.1) is 11.3 Å². The predicted octanol–water partition coefficient (Wildman–Crippen LogP) is 8.49. The summed E-state index contributed by atoms with van der Waals surface area (Å²) in [6.45, 7) is 12.2. The molecule has 12 rings (SSSR count). The third kappa shape index (κ3) is 10.7. The largest absolute Gasteiger partial charge is 0.508 e. The molecule has 7 aromatic rings. The number of piperazine rings is 1. The van der Waals surface area contributed by atoms with Gasteiger partial charge in [0, 0.05) is 62.0 Å². The van der Waals surface area contributed by atoms with Crippen LogP contribution >= 0.6 is 11.3 Å². The molecule has 19 nitrogen and oxygen atoms in total. The summed E-state index contributed by atoms with van der Waals surface area (Å²) in [5.74, 6) is -1.51. The molecule has 5 saturated heterocycles. The number of hydrogen-bond acceptors (Lipinski definition) is 17. The van der Waals surface area contributed by atoms with E-state index in [1.807, 2.05) is 82.6 Å². The molecule has 2 unspecified atom stereocenters. The van der Waals surface area contributed by atoms with Gasteiger partial charge < -0.3 is 50.0 Å². The minimum absolute atomic E-state index is 0.00276. The van der Waals surface area contributed by atoms with E-state index in [9.17, 15) is 24.6 Å². The molecular weight excluding hydrogens is 1070 g/mol. The van der Waals surface area contributed by atoms with Crippen molar-refractivity contribution < 1.29 is 43.0 Å². The lowest BCUT2D eigenvalue weighted by Gasteiger charge is -2.35. The quantitative estimate of drug-likeness (QED) is 0.0575. The van der Waals surface area contributed by atoms with Gasteiger partial charge in [-0.05, 0) is 111 Å². The topological polar surface area (TPSA) is 234 Å². The lowest BCUT2D eigenvalue weighted by molar-refractivity contribution is -0.141. The lowest BCUT2D eigenvalue weighted by atomic mass is 9.91. The van der Waals surface area contributed by atoms with Gasteiger partial charge in [0.1, 0.15) is 59.4 Å². The maximum Gasteiger partial charge on any atom is 0.407 e. The number of β-amino-alcohol motifs (C(OH)–C–C–N with tert-alkyl or cyclic N) is 1. The molecule has 3 aromatic carbocycles. The van der Waals surface area contributed by atoms with Gasteiger partial charge in [0.2, 0.25) is 11.8 Å². The number of aromatic nitrogens is 5. The van der Waals surface area contributed by atoms with E-state index in [0.717, 1.165) is 83.1 Å². The zero-order valence-electron chi connectivity index (χ0n) is 46.9. The Morgan fingerprint density at radius 2 is 1.80 bits per heavy atom. The molecule has 5 aliphatic heterocycles. The van der Waals surface area contributed by atoms with Crippen molar-refractivity contribution in [3.05, 3.63) is 106 Å². The van der Waals surface area contributed by atoms with Crippen LogP contribution in [0.3, 0.4) is 0 Å². The Labute approximate surface area is 479 Å². The van der Waals surface area contributed by atoms with Gasteiger partial charge in [-0.1, -0.05) is 68.4 Å². The van der Waals surface area contributed by atoms with E-state index in [1.54, 1.807) is 35.7 Å². The summed E-state index contributed by atoms with van der Waals surface area (Å²) in [6, 6.07) is 18.0. The first-order valence-corrected chi connectivity index (χ1v) is 29.7. The number of anilines is 1. The fourth-order valence-corrected chi connectivity index (χ4v) is 14.3. The Bertz CT molecular complexity index is 3530. The number of ether oxygens (including phenoxy) is 2. The number of likely N-dealkylation sites (tertiary alicyclic amines) is 1. The molecule has 21 heteroatoms. The standard InChI is InChI=1S/C61H70FN11O8S/c1-6-36-9-7-10-39-21-44(74)23-46(51(36)39)53-52(62)54-47(26-63-53)56(71-27-40-15-16-41(28-71)67-40)69-59(68-54)80-31-61-18-8-20-73(61)43(17-19-61)30-79-60(78)64-25-42-22-49(81-70-42)50(33(2)3)58(77)72-29-45(75)24-48(72)57(76)66-34(4)37-11-13-38(14-12-37)55-35(5)65-32-82-55/h7,9-14,21-23,26,32-34,40-41,43,45,48,50,67,74-75H,6,8,15-20,24-25,27-31H2,1-5H3,(H,64,78)(H,66,76)/t34-,40?,41?,43-,45+,48-,50+,61-/m0/s1. The molecule has 82 heavy (non-hydrogen) atoms. The number of carbonyl (C=O) groups is 3. The first kappa shape index (κ1) is 55.2. The van der Waals surface area contributed by atoms with Crippen LogP contribution in [0.25, 0.3) is 43.4 Å². The smallest absolute Gasteiger partial charge is 0.407 e. The highest BCUT2D eigenvalue weighted by Gasteiger charge is 2.50. The zero-order valence-corrected chi connectivity index (χ0v) is 47.7. The maximum absolute atomic E-state index is 17.3. The number of benzene rings is 3. The number of aryl methyl sites for hydroxylation is 2. The Balaban J connectivity index is 0.682. The van der Waals surface area contributed by atoms with Crippen LogP contribution in [-0.4, -0.2) is 138 Å². The van der Waals surface area contributed by atoms with Crippen molar-refractivity contribution >= 4 is 56.7 Å². The average molecular weight is 1140 g/mol. The van der Waals surface area contributed by atoms with Crippen LogP contribution in [0.2, 0.25) is 0 Å². The molecule has 2 bridgehead atoms. The van der Waals surface area contributed by atoms with E-state index in [2.05, 4.69) is 35.9 Å². The van der Waals surface area contributed by atoms with E-state index >= 15 is 4.39 Å². The summed E-state index contributed by atoms with van der Waals surface area (Å²) in [7, 11) is 0. The van der Waals surface area contributed by atoms with E-state index < -0.39 is 30.0 Å². The van der Waals surface area contributed by atoms with Gasteiger partial charge in [-0.3, -0.25) is 19.5 Å². The molecule has 0 aliphatic carbocycles. The van der Waals surface area contributed by atoms with Crippen LogP contribution in [0.4, 0.5) is 15.0 Å². The first-order chi connectivity index (χ1) is 39.6. The number of rotatable bonds is 17. The lowest BCUT2D eigenvalue weighted by Crippen LogP contribution is -2.51. The van der Waals surface area contributed by atoms with Crippen molar-refractivity contribution in [1.82, 2.24) is 50.8 Å². The molecule has 3 amide bonds. The number of aliphatic hydroxyl groups excluding tert-OH is 1. The van der Waals surface area contributed by atoms with Gasteiger partial charge in [0.05, 0.1) is 45.7 Å². The normalized spacial score (nSPS) is 23.2. The molecule has 9 heterocycles. The zero-order chi connectivity index (χ0) is 57.0. The average Bonchev–Trinajstić information content (AvgIpc) is 4.53. The Morgan fingerprint density at radius 1 is 1.00 bits per heavy atom. The number of pyridine rings is 1. The third-order valence-corrected chi connectivity index (χ3v) is 18.6. The van der Waals surface area contributed by atoms with Gasteiger partial charge in [0.25, 0.3) is 0 Å². The third-order valence-electron chi connectivity index (χ3n) is 17.6. The second kappa shape index (κ2) is 22.8. The highest BCUT2D eigenvalue weighted by molar-refractivity contribution is 7.13. The van der Waals surface area contributed by atoms with Crippen LogP contribution in [0.5, 0.6) is 11.8 Å². The van der Waals surface area contributed by atoms with Crippen molar-refractivity contribution in [3.63, 3.8) is 0 Å². The van der Waals surface area contributed by atoms with Crippen molar-refractivity contribution in [2.45, 2.75) is 140 Å². The fourth-order valence-electron chi connectivity index (χ4n) is 13.5. The van der Waals surface area contributed by atoms with Gasteiger partial charge in [-0.2, -0.15) is 9.97 Å². The molecule has 0 spiro atoms. The van der Waals surface area contributed by atoms with Crippen LogP contribution < -0.4 is 25.6 Å². The number of nitrogens with one attached hydrogen (secondary N) is 3. The highest BCUT2D eigenvalue weighted by Crippen LogP contribution is 2.44. The number of thiazole rings is 1. The summed E-state index contributed by atoms with van der Waals surface area (Å²) >= 11 is 1.57. The SMILES string of the molecule is CCc1cccc2cc(O)cc(-c3ncc4c(N5CC6CCC(C5)N6)nc(OC[C@@]56CCCN5[C@H](COC(=O)NCc5cc([C@H](C(=O)N7C[C@H](O)C[C@H]7C(=O)N[C@@H](C)c7ccc(-c8scnc8C)cc7)C(C)C)on5)CC6)nc4c3F)c12. The number of fused-ring (bicyclic) bond motifs is 5. The predicted molar refractivity (Wildman–Crippen MR) is 308 cm³/mol. The van der Waals surface area contributed by atoms with E-state index in [-0.39, 0.29) is 109 Å². The molecule has 8 atom stereocenters. The number of hydrogen-bond donors (Lipinski definition) is 5. The summed E-state index contributed by atoms with van der Waals surface area (Å²) < 4.78 is 35.5. The summed E-state index contributed by atoms with van der Waals surface area (Å²) in [5.41, 5.74) is 6.44. The number of halogens is 1. The van der Waals surface area contributed by atoms with E-state index in [0.29, 0.717) is 42.0 Å². The van der Waals surface area contributed by atoms with Crippen LogP contribution in [0, 0.1) is 18.7 Å². The van der Waals surface area contributed by atoms with E-state index in [1.165, 1.54) is 4.90 Å². The van der Waals surface area contributed by atoms with Gasteiger partial charge in [-0.25, -0.2) is 14.2 Å². The first-order valence-electron chi connectivity index (χ1n) is 28.8. The number of alkyl carbamates (subject to hydrolysis) is 1. The monoisotopic (exact) mass is 1140 g/mol. The molecule has 5 N–H and O–H groups in total. The van der Waals surface area contributed by atoms with Crippen LogP contribution in [-0.2, 0) is 27.3 Å². The molecule has 0 saturated carbocycles. The molecule has 5 fully saturated rings. The summed E-state index contributed by atoms with van der Waals surface area (Å²) in [4.78, 5) is 67.4. The number of nitrogens with zero attached hydrogens (tertiary/aromatic N) is 8. The summed E-state index contributed by atoms with van der Waals surface area (Å²) in [6.07, 6.45) is 6.38. The molecule has 4 aromatic heterocycles. The van der Waals surface area contributed by atoms with Crippen molar-refractivity contribution in [2.24, 2.45) is 5.92 Å². The van der Waals surface area contributed by atoms with Crippen LogP contribution in [0.1, 0.15) is 113 Å². The Morgan fingerprint density at radius 3 is 2.56 bits per heavy atom. The number of phenolic OH excluding ortho intramolecular Hbond substituents is 1. The number of carbonyl (C=O) groups excluding carboxylic acids is 3.